The maximum Gasteiger partial charge on any atom is 0.223 e. The van der Waals surface area contributed by atoms with Crippen molar-refractivity contribution >= 4 is 5.91 Å². The molecule has 2 nitrogen and oxygen atoms in total. The zero-order valence-electron chi connectivity index (χ0n) is 17.5. The summed E-state index contributed by atoms with van der Waals surface area (Å²) in [4.78, 5) is 14.3. The van der Waals surface area contributed by atoms with Gasteiger partial charge in [0.2, 0.25) is 5.91 Å². The van der Waals surface area contributed by atoms with E-state index in [1.165, 1.54) is 50.5 Å². The summed E-state index contributed by atoms with van der Waals surface area (Å²) in [6.07, 6.45) is 17.5. The number of hydrogen-bond acceptors (Lipinski definition) is 1. The first-order chi connectivity index (χ1) is 13.2. The molecule has 2 rings (SSSR count). The fourth-order valence-electron chi connectivity index (χ4n) is 4.02. The summed E-state index contributed by atoms with van der Waals surface area (Å²) in [5.74, 6) is 1.07. The molecule has 1 aliphatic heterocycles. The Bertz CT molecular complexity index is 551. The third-order valence-corrected chi connectivity index (χ3v) is 5.78. The number of nitrogens with zero attached hydrogens (tertiary/aromatic N) is 1. The maximum absolute atomic E-state index is 12.2. The van der Waals surface area contributed by atoms with E-state index in [-0.39, 0.29) is 0 Å². The van der Waals surface area contributed by atoms with Crippen LogP contribution >= 0.6 is 0 Å². The van der Waals surface area contributed by atoms with Crippen LogP contribution in [0.2, 0.25) is 0 Å². The smallest absolute Gasteiger partial charge is 0.223 e. The summed E-state index contributed by atoms with van der Waals surface area (Å²) in [6, 6.07) is 11.1. The summed E-state index contributed by atoms with van der Waals surface area (Å²) in [7, 11) is 0. The van der Waals surface area contributed by atoms with Gasteiger partial charge in [-0.05, 0) is 43.6 Å². The first kappa shape index (κ1) is 21.7. The molecule has 0 spiro atoms. The number of allylic oxidation sites excluding steroid dienone is 1. The predicted octanol–water partition coefficient (Wildman–Crippen LogP) is 6.55. The molecule has 27 heavy (non-hydrogen) atoms. The van der Waals surface area contributed by atoms with Gasteiger partial charge in [-0.15, -0.1) is 0 Å². The molecule has 2 atom stereocenters. The van der Waals surface area contributed by atoms with E-state index in [4.69, 9.17) is 0 Å². The highest BCUT2D eigenvalue weighted by molar-refractivity contribution is 5.79. The Morgan fingerprint density at radius 2 is 1.89 bits per heavy atom. The second-order valence-electron chi connectivity index (χ2n) is 8.25. The van der Waals surface area contributed by atoms with Gasteiger partial charge in [0.1, 0.15) is 0 Å². The number of aryl methyl sites for hydroxylation is 1. The third kappa shape index (κ3) is 8.32. The van der Waals surface area contributed by atoms with Crippen LogP contribution in [0.4, 0.5) is 0 Å². The Morgan fingerprint density at radius 1 is 1.11 bits per heavy atom. The first-order valence-electron chi connectivity index (χ1n) is 11.2. The Labute approximate surface area is 167 Å². The fraction of sp³-hybridized carbons (Fsp3) is 0.640. The Balaban J connectivity index is 1.64. The number of carbonyl (C=O) groups excluding carboxylic acids is 1. The number of unbranched alkanes of at least 4 members (excludes halogenated alkanes) is 4. The van der Waals surface area contributed by atoms with Crippen LogP contribution in [-0.4, -0.2) is 23.4 Å². The van der Waals surface area contributed by atoms with Gasteiger partial charge in [0.05, 0.1) is 6.04 Å². The zero-order chi connectivity index (χ0) is 19.3. The molecule has 150 valence electrons. The van der Waals surface area contributed by atoms with E-state index in [1.54, 1.807) is 0 Å². The fourth-order valence-corrected chi connectivity index (χ4v) is 4.02. The maximum atomic E-state index is 12.2. The molecular weight excluding hydrogens is 330 g/mol. The summed E-state index contributed by atoms with van der Waals surface area (Å²) < 4.78 is 0. The highest BCUT2D eigenvalue weighted by Gasteiger charge is 2.28. The standard InChI is InChI=1S/C25H39NO/c1-3-4-5-6-10-21-26-24(19-20-25(26)27)18-12-14-22(2)13-11-17-23-15-8-7-9-16-23/h7-9,12,15-16,18,22,24H,3-6,10-11,13-14,17,19-21H2,1-2H3/b18-12+. The largest absolute Gasteiger partial charge is 0.336 e. The SMILES string of the molecule is CCCCCCCN1C(=O)CCC1/C=C/CC(C)CCCc1ccccc1. The van der Waals surface area contributed by atoms with Crippen molar-refractivity contribution in [1.29, 1.82) is 0 Å². The van der Waals surface area contributed by atoms with E-state index in [0.29, 0.717) is 17.9 Å². The zero-order valence-corrected chi connectivity index (χ0v) is 17.5. The topological polar surface area (TPSA) is 20.3 Å². The lowest BCUT2D eigenvalue weighted by Gasteiger charge is -2.22. The first-order valence-corrected chi connectivity index (χ1v) is 11.2. The molecule has 1 aromatic carbocycles. The van der Waals surface area contributed by atoms with Gasteiger partial charge in [-0.1, -0.05) is 88.4 Å². The molecule has 0 aliphatic carbocycles. The van der Waals surface area contributed by atoms with Gasteiger partial charge >= 0.3 is 0 Å². The molecule has 0 aromatic heterocycles. The molecule has 1 aromatic rings. The summed E-state index contributed by atoms with van der Waals surface area (Å²) in [5.41, 5.74) is 1.44. The van der Waals surface area contributed by atoms with E-state index in [2.05, 4.69) is 61.2 Å². The van der Waals surface area contributed by atoms with Crippen LogP contribution in [0.15, 0.2) is 42.5 Å². The van der Waals surface area contributed by atoms with Gasteiger partial charge in [0.25, 0.3) is 0 Å². The summed E-state index contributed by atoms with van der Waals surface area (Å²) >= 11 is 0. The normalized spacial score (nSPS) is 18.5. The average molecular weight is 370 g/mol. The van der Waals surface area contributed by atoms with Crippen LogP contribution in [-0.2, 0) is 11.2 Å². The van der Waals surface area contributed by atoms with Crippen molar-refractivity contribution in [2.24, 2.45) is 5.92 Å². The van der Waals surface area contributed by atoms with E-state index < -0.39 is 0 Å². The van der Waals surface area contributed by atoms with Crippen LogP contribution in [0.1, 0.15) is 83.6 Å². The van der Waals surface area contributed by atoms with E-state index in [1.807, 2.05) is 0 Å². The molecule has 0 N–H and O–H groups in total. The molecule has 1 fully saturated rings. The number of carbonyl (C=O) groups is 1. The molecule has 2 heteroatoms. The molecule has 0 radical (unpaired) electrons. The van der Waals surface area contributed by atoms with Crippen LogP contribution in [0.5, 0.6) is 0 Å². The quantitative estimate of drug-likeness (QED) is 0.285. The Hall–Kier alpha value is -1.57. The van der Waals surface area contributed by atoms with Gasteiger partial charge in [-0.25, -0.2) is 0 Å². The molecule has 1 amide bonds. The monoisotopic (exact) mass is 369 g/mol. The lowest BCUT2D eigenvalue weighted by Crippen LogP contribution is -2.32. The van der Waals surface area contributed by atoms with Crippen molar-refractivity contribution in [3.8, 4) is 0 Å². The number of benzene rings is 1. The second kappa shape index (κ2) is 12.8. The Morgan fingerprint density at radius 3 is 2.67 bits per heavy atom. The lowest BCUT2D eigenvalue weighted by atomic mass is 9.98. The highest BCUT2D eigenvalue weighted by Crippen LogP contribution is 2.22. The van der Waals surface area contributed by atoms with Crippen molar-refractivity contribution in [2.75, 3.05) is 6.54 Å². The second-order valence-corrected chi connectivity index (χ2v) is 8.25. The Kier molecular flexibility index (Phi) is 10.3. The summed E-state index contributed by atoms with van der Waals surface area (Å²) in [6.45, 7) is 5.54. The average Bonchev–Trinajstić information content (AvgIpc) is 3.02. The number of likely N-dealkylation sites (tertiary alicyclic amines) is 1. The molecule has 1 aliphatic rings. The molecular formula is C25H39NO. The van der Waals surface area contributed by atoms with Crippen LogP contribution in [0.3, 0.4) is 0 Å². The molecule has 1 saturated heterocycles. The minimum atomic E-state index is 0.347. The van der Waals surface area contributed by atoms with Crippen LogP contribution in [0.25, 0.3) is 0 Å². The molecule has 0 saturated carbocycles. The van der Waals surface area contributed by atoms with Crippen molar-refractivity contribution in [3.63, 3.8) is 0 Å². The van der Waals surface area contributed by atoms with Crippen molar-refractivity contribution in [2.45, 2.75) is 90.5 Å². The van der Waals surface area contributed by atoms with Crippen molar-refractivity contribution in [1.82, 2.24) is 4.90 Å². The van der Waals surface area contributed by atoms with Gasteiger partial charge in [0, 0.05) is 13.0 Å². The van der Waals surface area contributed by atoms with Gasteiger partial charge in [-0.2, -0.15) is 0 Å². The number of rotatable bonds is 13. The molecule has 1 heterocycles. The predicted molar refractivity (Wildman–Crippen MR) is 116 cm³/mol. The van der Waals surface area contributed by atoms with Crippen LogP contribution in [0, 0.1) is 5.92 Å². The van der Waals surface area contributed by atoms with E-state index in [0.717, 1.165) is 32.2 Å². The lowest BCUT2D eigenvalue weighted by molar-refractivity contribution is -0.128. The summed E-state index contributed by atoms with van der Waals surface area (Å²) in [5, 5.41) is 0. The minimum Gasteiger partial charge on any atom is -0.336 e. The number of amides is 1. The third-order valence-electron chi connectivity index (χ3n) is 5.78. The van der Waals surface area contributed by atoms with Crippen molar-refractivity contribution < 1.29 is 4.79 Å². The van der Waals surface area contributed by atoms with Gasteiger partial charge in [-0.3, -0.25) is 4.79 Å². The number of hydrogen-bond donors (Lipinski definition) is 0. The van der Waals surface area contributed by atoms with Crippen LogP contribution < -0.4 is 0 Å². The molecule has 0 bridgehead atoms. The minimum absolute atomic E-state index is 0.347. The van der Waals surface area contributed by atoms with Gasteiger partial charge in [0.15, 0.2) is 0 Å². The van der Waals surface area contributed by atoms with Crippen molar-refractivity contribution in [3.05, 3.63) is 48.0 Å². The van der Waals surface area contributed by atoms with E-state index >= 15 is 0 Å². The van der Waals surface area contributed by atoms with Gasteiger partial charge < -0.3 is 4.90 Å². The van der Waals surface area contributed by atoms with E-state index in [9.17, 15) is 4.79 Å². The highest BCUT2D eigenvalue weighted by atomic mass is 16.2. The molecule has 2 unspecified atom stereocenters.